The van der Waals surface area contributed by atoms with Crippen LogP contribution in [0.25, 0.3) is 0 Å². The first-order valence-electron chi connectivity index (χ1n) is 8.07. The molecule has 0 unspecified atom stereocenters. The zero-order valence-electron chi connectivity index (χ0n) is 14.6. The molecule has 0 aliphatic carbocycles. The zero-order valence-corrected chi connectivity index (χ0v) is 14.6. The van der Waals surface area contributed by atoms with Gasteiger partial charge in [-0.25, -0.2) is 0 Å². The molecule has 5 nitrogen and oxygen atoms in total. The van der Waals surface area contributed by atoms with Gasteiger partial charge in [-0.05, 0) is 42.8 Å². The average molecular weight is 365 g/mol. The highest BCUT2D eigenvalue weighted by atomic mass is 19.3. The molecule has 0 saturated heterocycles. The molecule has 0 fully saturated rings. The first-order valence-corrected chi connectivity index (χ1v) is 8.07. The number of alkyl halides is 2. The number of rotatable bonds is 9. The molecule has 0 heterocycles. The summed E-state index contributed by atoms with van der Waals surface area (Å²) in [5.41, 5.74) is 1.23. The minimum atomic E-state index is -2.86. The number of ether oxygens (including phenoxy) is 3. The van der Waals surface area contributed by atoms with E-state index in [0.717, 1.165) is 5.56 Å². The van der Waals surface area contributed by atoms with Crippen molar-refractivity contribution in [3.05, 3.63) is 59.7 Å². The molecule has 0 aliphatic heterocycles. The van der Waals surface area contributed by atoms with Crippen molar-refractivity contribution in [3.63, 3.8) is 0 Å². The molecule has 2 aromatic rings. The lowest BCUT2D eigenvalue weighted by Gasteiger charge is -2.15. The monoisotopic (exact) mass is 365 g/mol. The Balaban J connectivity index is 1.97. The van der Waals surface area contributed by atoms with Crippen molar-refractivity contribution in [3.8, 4) is 11.5 Å². The lowest BCUT2D eigenvalue weighted by atomic mass is 10.1. The minimum absolute atomic E-state index is 0.0724. The van der Waals surface area contributed by atoms with Gasteiger partial charge < -0.3 is 19.5 Å². The number of halogens is 2. The summed E-state index contributed by atoms with van der Waals surface area (Å²) in [5, 5.41) is 2.86. The lowest BCUT2D eigenvalue weighted by Crippen LogP contribution is -2.26. The number of carbonyl (C=O) groups excluding carboxylic acids is 1. The number of nitrogens with one attached hydrogen (secondary N) is 1. The summed E-state index contributed by atoms with van der Waals surface area (Å²) >= 11 is 0. The van der Waals surface area contributed by atoms with Gasteiger partial charge >= 0.3 is 6.61 Å². The molecule has 0 radical (unpaired) electrons. The van der Waals surface area contributed by atoms with Crippen LogP contribution in [0.5, 0.6) is 11.5 Å². The van der Waals surface area contributed by atoms with E-state index in [1.165, 1.54) is 12.1 Å². The van der Waals surface area contributed by atoms with Crippen molar-refractivity contribution in [2.75, 3.05) is 20.3 Å². The van der Waals surface area contributed by atoms with E-state index in [9.17, 15) is 13.6 Å². The number of amides is 1. The Hall–Kier alpha value is -2.67. The van der Waals surface area contributed by atoms with Crippen molar-refractivity contribution in [2.45, 2.75) is 19.6 Å². The quantitative estimate of drug-likeness (QED) is 0.687. The van der Waals surface area contributed by atoms with E-state index in [4.69, 9.17) is 9.47 Å². The van der Waals surface area contributed by atoms with E-state index < -0.39 is 6.61 Å². The van der Waals surface area contributed by atoms with Crippen molar-refractivity contribution >= 4 is 5.91 Å². The summed E-state index contributed by atoms with van der Waals surface area (Å²) in [6, 6.07) is 12.7. The largest absolute Gasteiger partial charge is 0.491 e. The average Bonchev–Trinajstić information content (AvgIpc) is 2.62. The Morgan fingerprint density at radius 2 is 1.81 bits per heavy atom. The third-order valence-corrected chi connectivity index (χ3v) is 3.61. The minimum Gasteiger partial charge on any atom is -0.491 e. The first-order chi connectivity index (χ1) is 12.5. The SMILES string of the molecule is COCCOc1cccc(C(=O)N[C@H](C)c2ccc(OC(F)F)cc2)c1. The van der Waals surface area contributed by atoms with Crippen LogP contribution in [0.1, 0.15) is 28.9 Å². The lowest BCUT2D eigenvalue weighted by molar-refractivity contribution is -0.0498. The molecule has 1 N–H and O–H groups in total. The summed E-state index contributed by atoms with van der Waals surface area (Å²) in [5.74, 6) is 0.390. The predicted octanol–water partition coefficient (Wildman–Crippen LogP) is 3.80. The maximum absolute atomic E-state index is 12.4. The molecular weight excluding hydrogens is 344 g/mol. The summed E-state index contributed by atoms with van der Waals surface area (Å²) in [6.45, 7) is -0.208. The Bertz CT molecular complexity index is 707. The topological polar surface area (TPSA) is 56.8 Å². The van der Waals surface area contributed by atoms with Gasteiger partial charge in [0, 0.05) is 12.7 Å². The Labute approximate surface area is 150 Å². The van der Waals surface area contributed by atoms with E-state index in [-0.39, 0.29) is 17.7 Å². The second-order valence-corrected chi connectivity index (χ2v) is 5.51. The highest BCUT2D eigenvalue weighted by Gasteiger charge is 2.13. The third-order valence-electron chi connectivity index (χ3n) is 3.61. The van der Waals surface area contributed by atoms with Gasteiger partial charge in [0.2, 0.25) is 0 Å². The number of methoxy groups -OCH3 is 1. The Kier molecular flexibility index (Phi) is 7.35. The standard InChI is InChI=1S/C19H21F2NO4/c1-13(14-6-8-16(9-7-14)26-19(20)21)22-18(23)15-4-3-5-17(12-15)25-11-10-24-2/h3-9,12-13,19H,10-11H2,1-2H3,(H,22,23)/t13-/m1/s1. The fourth-order valence-electron chi connectivity index (χ4n) is 2.27. The van der Waals surface area contributed by atoms with Gasteiger partial charge in [-0.3, -0.25) is 4.79 Å². The van der Waals surface area contributed by atoms with E-state index in [1.807, 2.05) is 0 Å². The molecule has 0 aromatic heterocycles. The van der Waals surface area contributed by atoms with Crippen LogP contribution in [0.15, 0.2) is 48.5 Å². The van der Waals surface area contributed by atoms with E-state index in [0.29, 0.717) is 24.5 Å². The van der Waals surface area contributed by atoms with Crippen LogP contribution in [-0.2, 0) is 4.74 Å². The number of carbonyl (C=O) groups is 1. The normalized spacial score (nSPS) is 11.9. The maximum Gasteiger partial charge on any atom is 0.387 e. The molecule has 2 rings (SSSR count). The van der Waals surface area contributed by atoms with Crippen LogP contribution in [0.4, 0.5) is 8.78 Å². The van der Waals surface area contributed by atoms with Gasteiger partial charge in [-0.15, -0.1) is 0 Å². The van der Waals surface area contributed by atoms with Crippen molar-refractivity contribution in [1.82, 2.24) is 5.32 Å². The third kappa shape index (κ3) is 6.00. The molecule has 0 spiro atoms. The first kappa shape index (κ1) is 19.7. The number of hydrogen-bond donors (Lipinski definition) is 1. The highest BCUT2D eigenvalue weighted by Crippen LogP contribution is 2.20. The van der Waals surface area contributed by atoms with Gasteiger partial charge in [0.1, 0.15) is 18.1 Å². The Morgan fingerprint density at radius 1 is 1.08 bits per heavy atom. The van der Waals surface area contributed by atoms with Crippen LogP contribution in [-0.4, -0.2) is 32.8 Å². The van der Waals surface area contributed by atoms with Gasteiger partial charge in [-0.2, -0.15) is 8.78 Å². The molecule has 7 heteroatoms. The van der Waals surface area contributed by atoms with Crippen molar-refractivity contribution in [1.29, 1.82) is 0 Å². The summed E-state index contributed by atoms with van der Waals surface area (Å²) in [6.07, 6.45) is 0. The summed E-state index contributed by atoms with van der Waals surface area (Å²) in [7, 11) is 1.58. The maximum atomic E-state index is 12.4. The van der Waals surface area contributed by atoms with Gasteiger partial charge in [0.05, 0.1) is 12.6 Å². The second-order valence-electron chi connectivity index (χ2n) is 5.51. The molecule has 2 aromatic carbocycles. The Morgan fingerprint density at radius 3 is 2.46 bits per heavy atom. The summed E-state index contributed by atoms with van der Waals surface area (Å²) < 4.78 is 39.1. The molecule has 1 amide bonds. The number of benzene rings is 2. The van der Waals surface area contributed by atoms with Crippen molar-refractivity contribution in [2.24, 2.45) is 0 Å². The summed E-state index contributed by atoms with van der Waals surface area (Å²) in [4.78, 5) is 12.4. The molecule has 140 valence electrons. The smallest absolute Gasteiger partial charge is 0.387 e. The number of hydrogen-bond acceptors (Lipinski definition) is 4. The van der Waals surface area contributed by atoms with E-state index in [1.54, 1.807) is 50.4 Å². The van der Waals surface area contributed by atoms with E-state index in [2.05, 4.69) is 10.1 Å². The van der Waals surface area contributed by atoms with Gasteiger partial charge in [-0.1, -0.05) is 18.2 Å². The molecule has 26 heavy (non-hydrogen) atoms. The fraction of sp³-hybridized carbons (Fsp3) is 0.316. The molecule has 0 bridgehead atoms. The van der Waals surface area contributed by atoms with Crippen LogP contribution < -0.4 is 14.8 Å². The van der Waals surface area contributed by atoms with Crippen LogP contribution >= 0.6 is 0 Å². The van der Waals surface area contributed by atoms with Crippen molar-refractivity contribution < 1.29 is 27.8 Å². The molecule has 0 saturated carbocycles. The predicted molar refractivity (Wildman–Crippen MR) is 92.8 cm³/mol. The molecular formula is C19H21F2NO4. The van der Waals surface area contributed by atoms with E-state index >= 15 is 0 Å². The fourth-order valence-corrected chi connectivity index (χ4v) is 2.27. The van der Waals surface area contributed by atoms with Gasteiger partial charge in [0.15, 0.2) is 0 Å². The molecule has 0 aliphatic rings. The van der Waals surface area contributed by atoms with Crippen LogP contribution in [0.2, 0.25) is 0 Å². The zero-order chi connectivity index (χ0) is 18.9. The highest BCUT2D eigenvalue weighted by molar-refractivity contribution is 5.94. The van der Waals surface area contributed by atoms with Crippen LogP contribution in [0, 0.1) is 0 Å². The van der Waals surface area contributed by atoms with Gasteiger partial charge in [0.25, 0.3) is 5.91 Å². The van der Waals surface area contributed by atoms with Crippen LogP contribution in [0.3, 0.4) is 0 Å². The molecule has 1 atom stereocenters. The second kappa shape index (κ2) is 9.72.